The number of methoxy groups -OCH3 is 2. The van der Waals surface area contributed by atoms with E-state index in [2.05, 4.69) is 45.1 Å². The van der Waals surface area contributed by atoms with Crippen LogP contribution in [0.25, 0.3) is 55.5 Å². The number of aromatic amines is 1. The molecule has 8 rings (SSSR count). The molecule has 8 aromatic rings. The standard InChI is InChI=1S/C23H19N5O2.C18H15NO2/c1-14-6-5-7-15-10-16(11-30-23-21-22(25-12-24-21)26-13-27-23)20(28-19(14)15)17-8-3-4-9-18(17)29-2;1-12-6-5-7-13-10-14(11-20)18(19-17(12)13)15-8-3-4-9-16(15)21-2/h3-10,12-13H,11H2,1-2H3,(H,24,25,26,27);3-11H,1-2H3. The molecule has 0 aliphatic carbocycles. The lowest BCUT2D eigenvalue weighted by molar-refractivity contribution is 0.112. The van der Waals surface area contributed by atoms with E-state index in [1.807, 2.05) is 85.8 Å². The van der Waals surface area contributed by atoms with E-state index < -0.39 is 0 Å². The van der Waals surface area contributed by atoms with Gasteiger partial charge in [-0.05, 0) is 61.4 Å². The van der Waals surface area contributed by atoms with E-state index in [0.717, 1.165) is 67.4 Å². The van der Waals surface area contributed by atoms with Gasteiger partial charge in [-0.2, -0.15) is 4.98 Å². The van der Waals surface area contributed by atoms with Gasteiger partial charge in [0.15, 0.2) is 17.5 Å². The van der Waals surface area contributed by atoms with E-state index >= 15 is 0 Å². The molecule has 4 aromatic heterocycles. The van der Waals surface area contributed by atoms with Crippen LogP contribution in [0.1, 0.15) is 27.0 Å². The molecule has 0 aliphatic rings. The number of nitrogens with one attached hydrogen (secondary N) is 1. The predicted molar refractivity (Wildman–Crippen MR) is 198 cm³/mol. The number of carbonyl (C=O) groups excluding carboxylic acids is 1. The number of ether oxygens (including phenoxy) is 3. The topological polar surface area (TPSA) is 125 Å². The maximum absolute atomic E-state index is 11.4. The summed E-state index contributed by atoms with van der Waals surface area (Å²) >= 11 is 0. The molecule has 10 heteroatoms. The second-order valence-corrected chi connectivity index (χ2v) is 11.8. The largest absolute Gasteiger partial charge is 0.496 e. The molecule has 4 heterocycles. The lowest BCUT2D eigenvalue weighted by atomic mass is 10.0. The number of hydrogen-bond donors (Lipinski definition) is 1. The molecule has 0 saturated heterocycles. The number of aryl methyl sites for hydroxylation is 2. The first-order valence-electron chi connectivity index (χ1n) is 16.3. The minimum atomic E-state index is 0.281. The molecule has 0 spiro atoms. The van der Waals surface area contributed by atoms with Gasteiger partial charge in [-0.3, -0.25) is 4.79 Å². The Morgan fingerprint density at radius 1 is 0.667 bits per heavy atom. The van der Waals surface area contributed by atoms with Gasteiger partial charge in [-0.1, -0.05) is 60.7 Å². The molecule has 0 saturated carbocycles. The first-order valence-corrected chi connectivity index (χ1v) is 16.3. The summed E-state index contributed by atoms with van der Waals surface area (Å²) in [5.74, 6) is 1.90. The van der Waals surface area contributed by atoms with Gasteiger partial charge in [0.2, 0.25) is 5.88 Å². The number of benzene rings is 4. The van der Waals surface area contributed by atoms with Crippen molar-refractivity contribution in [3.8, 4) is 39.9 Å². The van der Waals surface area contributed by atoms with Gasteiger partial charge in [0.25, 0.3) is 0 Å². The van der Waals surface area contributed by atoms with Crippen molar-refractivity contribution in [3.05, 3.63) is 132 Å². The predicted octanol–water partition coefficient (Wildman–Crippen LogP) is 8.50. The van der Waals surface area contributed by atoms with Crippen molar-refractivity contribution in [1.29, 1.82) is 0 Å². The SMILES string of the molecule is COc1ccccc1-c1nc2c(C)cccc2cc1C=O.COc1ccccc1-c1nc2c(C)cccc2cc1COc1ncnc2[nH]cnc12. The van der Waals surface area contributed by atoms with Crippen LogP contribution in [-0.2, 0) is 6.61 Å². The summed E-state index contributed by atoms with van der Waals surface area (Å²) in [6.45, 7) is 4.36. The van der Waals surface area contributed by atoms with Gasteiger partial charge in [-0.15, -0.1) is 0 Å². The zero-order chi connectivity index (χ0) is 35.3. The highest BCUT2D eigenvalue weighted by Gasteiger charge is 2.17. The lowest BCUT2D eigenvalue weighted by Crippen LogP contribution is -2.03. The van der Waals surface area contributed by atoms with Crippen LogP contribution in [0.4, 0.5) is 0 Å². The maximum Gasteiger partial charge on any atom is 0.245 e. The van der Waals surface area contributed by atoms with Crippen LogP contribution in [0.3, 0.4) is 0 Å². The number of carbonyl (C=O) groups is 1. The fourth-order valence-electron chi connectivity index (χ4n) is 6.08. The van der Waals surface area contributed by atoms with Crippen molar-refractivity contribution < 1.29 is 19.0 Å². The minimum Gasteiger partial charge on any atom is -0.496 e. The molecule has 0 unspecified atom stereocenters. The summed E-state index contributed by atoms with van der Waals surface area (Å²) in [6, 6.07) is 31.5. The molecule has 4 aromatic carbocycles. The number of nitrogens with zero attached hydrogens (tertiary/aromatic N) is 5. The Morgan fingerprint density at radius 3 is 1.92 bits per heavy atom. The Balaban J connectivity index is 0.000000170. The highest BCUT2D eigenvalue weighted by molar-refractivity contribution is 5.95. The number of imidazole rings is 1. The van der Waals surface area contributed by atoms with Crippen LogP contribution in [-0.4, -0.2) is 50.4 Å². The third-order valence-electron chi connectivity index (χ3n) is 8.60. The van der Waals surface area contributed by atoms with E-state index in [-0.39, 0.29) is 6.61 Å². The molecule has 0 radical (unpaired) electrons. The third kappa shape index (κ3) is 6.54. The highest BCUT2D eigenvalue weighted by atomic mass is 16.5. The molecular weight excluding hydrogens is 640 g/mol. The zero-order valence-electron chi connectivity index (χ0n) is 28.5. The number of pyridine rings is 2. The van der Waals surface area contributed by atoms with Crippen molar-refractivity contribution >= 4 is 39.3 Å². The molecule has 10 nitrogen and oxygen atoms in total. The third-order valence-corrected chi connectivity index (χ3v) is 8.60. The first kappa shape index (κ1) is 32.8. The van der Waals surface area contributed by atoms with Gasteiger partial charge in [0, 0.05) is 33.0 Å². The smallest absolute Gasteiger partial charge is 0.245 e. The number of rotatable bonds is 8. The Hall–Kier alpha value is -6.68. The van der Waals surface area contributed by atoms with Gasteiger partial charge < -0.3 is 19.2 Å². The van der Waals surface area contributed by atoms with Crippen molar-refractivity contribution in [2.75, 3.05) is 14.2 Å². The van der Waals surface area contributed by atoms with Gasteiger partial charge in [0.1, 0.15) is 24.4 Å². The van der Waals surface area contributed by atoms with Gasteiger partial charge >= 0.3 is 0 Å². The summed E-state index contributed by atoms with van der Waals surface area (Å²) < 4.78 is 17.0. The van der Waals surface area contributed by atoms with Crippen molar-refractivity contribution in [3.63, 3.8) is 0 Å². The number of fused-ring (bicyclic) bond motifs is 3. The van der Waals surface area contributed by atoms with Crippen LogP contribution in [0.2, 0.25) is 0 Å². The molecule has 0 amide bonds. The van der Waals surface area contributed by atoms with Gasteiger partial charge in [0.05, 0.1) is 43.0 Å². The number of aldehydes is 1. The zero-order valence-corrected chi connectivity index (χ0v) is 28.5. The number of aromatic nitrogens is 6. The van der Waals surface area contributed by atoms with Crippen LogP contribution in [0.15, 0.2) is 110 Å². The fraction of sp³-hybridized carbons (Fsp3) is 0.122. The molecule has 51 heavy (non-hydrogen) atoms. The maximum atomic E-state index is 11.4. The molecule has 252 valence electrons. The minimum absolute atomic E-state index is 0.281. The summed E-state index contributed by atoms with van der Waals surface area (Å²) in [5.41, 5.74) is 10.0. The van der Waals surface area contributed by atoms with Crippen LogP contribution >= 0.6 is 0 Å². The summed E-state index contributed by atoms with van der Waals surface area (Å²) in [6.07, 6.45) is 3.88. The molecule has 0 atom stereocenters. The average molecular weight is 675 g/mol. The molecule has 0 bridgehead atoms. The van der Waals surface area contributed by atoms with Crippen LogP contribution in [0.5, 0.6) is 17.4 Å². The van der Waals surface area contributed by atoms with E-state index in [4.69, 9.17) is 24.2 Å². The van der Waals surface area contributed by atoms with E-state index in [1.165, 1.54) is 6.33 Å². The Labute approximate surface area is 294 Å². The van der Waals surface area contributed by atoms with Gasteiger partial charge in [-0.25, -0.2) is 19.9 Å². The fourth-order valence-corrected chi connectivity index (χ4v) is 6.08. The number of hydrogen-bond acceptors (Lipinski definition) is 9. The molecule has 0 aliphatic heterocycles. The number of para-hydroxylation sites is 4. The average Bonchev–Trinajstić information content (AvgIpc) is 3.67. The van der Waals surface area contributed by atoms with Crippen LogP contribution in [0, 0.1) is 13.8 Å². The summed E-state index contributed by atoms with van der Waals surface area (Å²) in [7, 11) is 3.28. The van der Waals surface area contributed by atoms with E-state index in [0.29, 0.717) is 34.1 Å². The molecular formula is C41H34N6O4. The Kier molecular flexibility index (Phi) is 9.30. The monoisotopic (exact) mass is 674 g/mol. The highest BCUT2D eigenvalue weighted by Crippen LogP contribution is 2.35. The Morgan fingerprint density at radius 2 is 1.27 bits per heavy atom. The molecule has 0 fully saturated rings. The number of H-pyrrole nitrogens is 1. The lowest BCUT2D eigenvalue weighted by Gasteiger charge is -2.15. The van der Waals surface area contributed by atoms with Crippen molar-refractivity contribution in [2.45, 2.75) is 20.5 Å². The Bertz CT molecular complexity index is 2530. The normalized spacial score (nSPS) is 10.9. The second kappa shape index (κ2) is 14.4. The van der Waals surface area contributed by atoms with Crippen LogP contribution < -0.4 is 14.2 Å². The van der Waals surface area contributed by atoms with E-state index in [9.17, 15) is 4.79 Å². The van der Waals surface area contributed by atoms with Crippen molar-refractivity contribution in [1.82, 2.24) is 29.9 Å². The summed E-state index contributed by atoms with van der Waals surface area (Å²) in [5, 5.41) is 2.02. The quantitative estimate of drug-likeness (QED) is 0.158. The first-order chi connectivity index (χ1) is 25.0. The second-order valence-electron chi connectivity index (χ2n) is 11.8. The molecule has 1 N–H and O–H groups in total. The summed E-state index contributed by atoms with van der Waals surface area (Å²) in [4.78, 5) is 36.8. The van der Waals surface area contributed by atoms with E-state index in [1.54, 1.807) is 20.5 Å². The van der Waals surface area contributed by atoms with Crippen molar-refractivity contribution in [2.24, 2.45) is 0 Å².